The summed E-state index contributed by atoms with van der Waals surface area (Å²) in [7, 11) is 0. The average Bonchev–Trinajstić information content (AvgIpc) is 3.50. The van der Waals surface area contributed by atoms with E-state index in [4.69, 9.17) is 9.47 Å². The van der Waals surface area contributed by atoms with Crippen molar-refractivity contribution in [3.8, 4) is 5.75 Å². The molecule has 2 aromatic rings. The second-order valence-electron chi connectivity index (χ2n) is 6.56. The van der Waals surface area contributed by atoms with Crippen molar-refractivity contribution in [2.24, 2.45) is 5.92 Å². The number of aryl methyl sites for hydroxylation is 1. The Morgan fingerprint density at radius 3 is 2.56 bits per heavy atom. The lowest BCUT2D eigenvalue weighted by atomic mass is 10.1. The van der Waals surface area contributed by atoms with Crippen molar-refractivity contribution in [1.82, 2.24) is 0 Å². The quantitative estimate of drug-likeness (QED) is 0.665. The fourth-order valence-electron chi connectivity index (χ4n) is 2.51. The van der Waals surface area contributed by atoms with E-state index < -0.39 is 0 Å². The van der Waals surface area contributed by atoms with Gasteiger partial charge in [-0.25, -0.2) is 0 Å². The van der Waals surface area contributed by atoms with E-state index in [0.29, 0.717) is 24.6 Å². The van der Waals surface area contributed by atoms with Crippen LogP contribution in [-0.4, -0.2) is 31.6 Å². The second-order valence-corrected chi connectivity index (χ2v) is 6.56. The Morgan fingerprint density at radius 2 is 1.81 bits per heavy atom. The van der Waals surface area contributed by atoms with Crippen molar-refractivity contribution in [1.29, 1.82) is 0 Å². The predicted molar refractivity (Wildman–Crippen MR) is 104 cm³/mol. The van der Waals surface area contributed by atoms with Gasteiger partial charge in [0.2, 0.25) is 11.8 Å². The number of anilines is 2. The zero-order chi connectivity index (χ0) is 19.1. The molecule has 142 valence electrons. The first-order valence-electron chi connectivity index (χ1n) is 9.09. The maximum absolute atomic E-state index is 12.1. The van der Waals surface area contributed by atoms with E-state index >= 15 is 0 Å². The number of amides is 2. The Balaban J connectivity index is 1.41. The Labute approximate surface area is 158 Å². The van der Waals surface area contributed by atoms with Gasteiger partial charge in [0.1, 0.15) is 19.0 Å². The molecule has 6 heteroatoms. The number of carbonyl (C=O) groups excluding carboxylic acids is 2. The normalized spacial score (nSPS) is 13.1. The van der Waals surface area contributed by atoms with Crippen LogP contribution in [0.1, 0.15) is 18.4 Å². The molecule has 1 aliphatic carbocycles. The van der Waals surface area contributed by atoms with Crippen molar-refractivity contribution in [3.05, 3.63) is 54.1 Å². The zero-order valence-electron chi connectivity index (χ0n) is 15.4. The van der Waals surface area contributed by atoms with Gasteiger partial charge in [0.05, 0.1) is 6.61 Å². The van der Waals surface area contributed by atoms with Gasteiger partial charge in [-0.05, 0) is 49.6 Å². The van der Waals surface area contributed by atoms with Crippen LogP contribution in [0, 0.1) is 12.8 Å². The van der Waals surface area contributed by atoms with Crippen LogP contribution in [-0.2, 0) is 14.3 Å². The third-order valence-electron chi connectivity index (χ3n) is 4.20. The Hall–Kier alpha value is -2.86. The molecule has 0 bridgehead atoms. The van der Waals surface area contributed by atoms with Gasteiger partial charge < -0.3 is 20.1 Å². The van der Waals surface area contributed by atoms with Crippen LogP contribution in [0.4, 0.5) is 11.4 Å². The summed E-state index contributed by atoms with van der Waals surface area (Å²) in [6.07, 6.45) is 1.90. The fourth-order valence-corrected chi connectivity index (χ4v) is 2.51. The van der Waals surface area contributed by atoms with Crippen LogP contribution >= 0.6 is 0 Å². The van der Waals surface area contributed by atoms with Gasteiger partial charge in [-0.15, -0.1) is 0 Å². The van der Waals surface area contributed by atoms with E-state index in [1.54, 1.807) is 6.07 Å². The maximum Gasteiger partial charge on any atom is 0.250 e. The Bertz CT molecular complexity index is 788. The first-order valence-corrected chi connectivity index (χ1v) is 9.09. The first-order chi connectivity index (χ1) is 13.1. The van der Waals surface area contributed by atoms with Crippen LogP contribution in [0.25, 0.3) is 0 Å². The number of hydrogen-bond donors (Lipinski definition) is 2. The van der Waals surface area contributed by atoms with Gasteiger partial charge in [-0.1, -0.05) is 24.3 Å². The lowest BCUT2D eigenvalue weighted by molar-refractivity contribution is -0.120. The second kappa shape index (κ2) is 9.19. The molecule has 2 aromatic carbocycles. The highest BCUT2D eigenvalue weighted by Gasteiger charge is 2.29. The molecular weight excluding hydrogens is 344 g/mol. The van der Waals surface area contributed by atoms with Crippen molar-refractivity contribution in [2.45, 2.75) is 19.8 Å². The van der Waals surface area contributed by atoms with E-state index in [0.717, 1.165) is 24.2 Å². The highest BCUT2D eigenvalue weighted by atomic mass is 16.5. The summed E-state index contributed by atoms with van der Waals surface area (Å²) in [5.41, 5.74) is 2.27. The topological polar surface area (TPSA) is 76.7 Å². The summed E-state index contributed by atoms with van der Waals surface area (Å²) in [5, 5.41) is 5.70. The summed E-state index contributed by atoms with van der Waals surface area (Å²) < 4.78 is 10.9. The van der Waals surface area contributed by atoms with E-state index in [1.165, 1.54) is 0 Å². The van der Waals surface area contributed by atoms with Crippen LogP contribution < -0.4 is 15.4 Å². The molecule has 0 spiro atoms. The molecule has 1 saturated carbocycles. The molecule has 2 amide bonds. The molecule has 1 aliphatic rings. The summed E-state index contributed by atoms with van der Waals surface area (Å²) in [5.74, 6) is 0.698. The zero-order valence-corrected chi connectivity index (χ0v) is 15.4. The van der Waals surface area contributed by atoms with E-state index in [2.05, 4.69) is 10.6 Å². The van der Waals surface area contributed by atoms with Crippen LogP contribution in [0.2, 0.25) is 0 Å². The smallest absolute Gasteiger partial charge is 0.250 e. The van der Waals surface area contributed by atoms with Crippen molar-refractivity contribution in [3.63, 3.8) is 0 Å². The molecule has 0 atom stereocenters. The molecule has 0 heterocycles. The molecule has 6 nitrogen and oxygen atoms in total. The highest BCUT2D eigenvalue weighted by molar-refractivity contribution is 5.96. The van der Waals surface area contributed by atoms with Crippen molar-refractivity contribution in [2.75, 3.05) is 30.5 Å². The SMILES string of the molecule is Cc1ccc(NC(=O)C2CC2)cc1NC(=O)COCCOc1ccccc1. The van der Waals surface area contributed by atoms with Gasteiger partial charge in [0.25, 0.3) is 0 Å². The number of hydrogen-bond acceptors (Lipinski definition) is 4. The number of ether oxygens (including phenoxy) is 2. The monoisotopic (exact) mass is 368 g/mol. The van der Waals surface area contributed by atoms with Gasteiger partial charge in [-0.2, -0.15) is 0 Å². The lowest BCUT2D eigenvalue weighted by Crippen LogP contribution is -2.21. The number of benzene rings is 2. The molecule has 3 rings (SSSR count). The van der Waals surface area contributed by atoms with E-state index in [-0.39, 0.29) is 24.3 Å². The lowest BCUT2D eigenvalue weighted by Gasteiger charge is -2.12. The minimum Gasteiger partial charge on any atom is -0.491 e. The predicted octanol–water partition coefficient (Wildman–Crippen LogP) is 3.38. The average molecular weight is 368 g/mol. The molecule has 0 saturated heterocycles. The van der Waals surface area contributed by atoms with Gasteiger partial charge in [0, 0.05) is 17.3 Å². The molecular formula is C21H24N2O4. The van der Waals surface area contributed by atoms with Crippen molar-refractivity contribution < 1.29 is 19.1 Å². The number of carbonyl (C=O) groups is 2. The van der Waals surface area contributed by atoms with Crippen LogP contribution in [0.5, 0.6) is 5.75 Å². The molecule has 1 fully saturated rings. The molecule has 0 aromatic heterocycles. The summed E-state index contributed by atoms with van der Waals surface area (Å²) in [6.45, 7) is 2.53. The van der Waals surface area contributed by atoms with Crippen LogP contribution in [0.15, 0.2) is 48.5 Å². The third-order valence-corrected chi connectivity index (χ3v) is 4.20. The minimum atomic E-state index is -0.247. The number of rotatable bonds is 9. The van der Waals surface area contributed by atoms with Gasteiger partial charge in [0.15, 0.2) is 0 Å². The fraction of sp³-hybridized carbons (Fsp3) is 0.333. The van der Waals surface area contributed by atoms with Gasteiger partial charge >= 0.3 is 0 Å². The molecule has 0 aliphatic heterocycles. The van der Waals surface area contributed by atoms with Gasteiger partial charge in [-0.3, -0.25) is 9.59 Å². The van der Waals surface area contributed by atoms with E-state index in [1.807, 2.05) is 49.4 Å². The molecule has 0 unspecified atom stereocenters. The summed E-state index contributed by atoms with van der Waals surface area (Å²) in [6, 6.07) is 14.9. The Morgan fingerprint density at radius 1 is 1.04 bits per heavy atom. The molecule has 2 N–H and O–H groups in total. The minimum absolute atomic E-state index is 0.0397. The van der Waals surface area contributed by atoms with E-state index in [9.17, 15) is 9.59 Å². The number of para-hydroxylation sites is 1. The van der Waals surface area contributed by atoms with Crippen molar-refractivity contribution >= 4 is 23.2 Å². The molecule has 27 heavy (non-hydrogen) atoms. The largest absolute Gasteiger partial charge is 0.491 e. The Kier molecular flexibility index (Phi) is 6.44. The summed E-state index contributed by atoms with van der Waals surface area (Å²) >= 11 is 0. The highest BCUT2D eigenvalue weighted by Crippen LogP contribution is 2.30. The standard InChI is InChI=1S/C21H24N2O4/c1-15-7-10-17(22-21(25)16-8-9-16)13-19(15)23-20(24)14-26-11-12-27-18-5-3-2-4-6-18/h2-7,10,13,16H,8-9,11-12,14H2,1H3,(H,22,25)(H,23,24). The summed E-state index contributed by atoms with van der Waals surface area (Å²) in [4.78, 5) is 24.0. The third kappa shape index (κ3) is 6.11. The molecule has 0 radical (unpaired) electrons. The maximum atomic E-state index is 12.1. The first kappa shape index (κ1) is 18.9. The number of nitrogens with one attached hydrogen (secondary N) is 2. The van der Waals surface area contributed by atoms with Crippen LogP contribution in [0.3, 0.4) is 0 Å².